The first kappa shape index (κ1) is 18.1. The Labute approximate surface area is 155 Å². The Morgan fingerprint density at radius 2 is 2.13 bits per heavy atom. The summed E-state index contributed by atoms with van der Waals surface area (Å²) in [6.45, 7) is 5.95. The van der Waals surface area contributed by atoms with E-state index in [1.54, 1.807) is 0 Å². The predicted octanol–water partition coefficient (Wildman–Crippen LogP) is 4.47. The number of benzene rings is 1. The van der Waals surface area contributed by atoms with Gasteiger partial charge in [0.2, 0.25) is 0 Å². The number of hydrogen-bond donors (Lipinski definition) is 2. The SMILES string of the molecule is CCNC(=NCCC1CC1)NC(C)c1cc2ccccc2o1.I. The fourth-order valence-corrected chi connectivity index (χ4v) is 2.58. The molecular weight excluding hydrogens is 401 g/mol. The van der Waals surface area contributed by atoms with Gasteiger partial charge in [0.05, 0.1) is 6.04 Å². The van der Waals surface area contributed by atoms with E-state index >= 15 is 0 Å². The number of halogens is 1. The number of aliphatic imine (C=N–C) groups is 1. The number of rotatable bonds is 6. The van der Waals surface area contributed by atoms with Gasteiger partial charge in [-0.1, -0.05) is 31.0 Å². The monoisotopic (exact) mass is 427 g/mol. The molecule has 1 fully saturated rings. The summed E-state index contributed by atoms with van der Waals surface area (Å²) in [5.74, 6) is 2.73. The summed E-state index contributed by atoms with van der Waals surface area (Å²) >= 11 is 0. The van der Waals surface area contributed by atoms with Crippen molar-refractivity contribution in [2.24, 2.45) is 10.9 Å². The minimum atomic E-state index is 0. The Bertz CT molecular complexity index is 616. The second-order valence-corrected chi connectivity index (χ2v) is 6.05. The largest absolute Gasteiger partial charge is 0.459 e. The third-order valence-corrected chi connectivity index (χ3v) is 4.07. The maximum atomic E-state index is 5.92. The molecule has 1 heterocycles. The van der Waals surface area contributed by atoms with Gasteiger partial charge in [0.1, 0.15) is 11.3 Å². The summed E-state index contributed by atoms with van der Waals surface area (Å²) in [6.07, 6.45) is 3.97. The highest BCUT2D eigenvalue weighted by Crippen LogP contribution is 2.32. The van der Waals surface area contributed by atoms with Crippen LogP contribution in [0.3, 0.4) is 0 Å². The van der Waals surface area contributed by atoms with Gasteiger partial charge in [-0.15, -0.1) is 24.0 Å². The molecule has 1 aromatic carbocycles. The summed E-state index contributed by atoms with van der Waals surface area (Å²) in [5.41, 5.74) is 0.932. The maximum Gasteiger partial charge on any atom is 0.191 e. The van der Waals surface area contributed by atoms with Crippen molar-refractivity contribution in [3.63, 3.8) is 0 Å². The molecule has 0 radical (unpaired) electrons. The van der Waals surface area contributed by atoms with Crippen LogP contribution in [0.15, 0.2) is 39.7 Å². The van der Waals surface area contributed by atoms with Gasteiger partial charge < -0.3 is 15.1 Å². The molecular formula is C18H26IN3O. The van der Waals surface area contributed by atoms with Gasteiger partial charge in [0.15, 0.2) is 5.96 Å². The molecule has 23 heavy (non-hydrogen) atoms. The Balaban J connectivity index is 0.00000192. The molecule has 2 N–H and O–H groups in total. The smallest absolute Gasteiger partial charge is 0.191 e. The van der Waals surface area contributed by atoms with Crippen LogP contribution in [0.25, 0.3) is 11.0 Å². The van der Waals surface area contributed by atoms with Crippen LogP contribution in [0.2, 0.25) is 0 Å². The normalized spacial score (nSPS) is 16.0. The summed E-state index contributed by atoms with van der Waals surface area (Å²) in [5, 5.41) is 7.88. The van der Waals surface area contributed by atoms with Crippen molar-refractivity contribution >= 4 is 40.9 Å². The number of para-hydroxylation sites is 1. The second kappa shape index (κ2) is 8.57. The molecule has 0 amide bonds. The lowest BCUT2D eigenvalue weighted by atomic mass is 10.2. The van der Waals surface area contributed by atoms with E-state index in [1.807, 2.05) is 18.2 Å². The first-order chi connectivity index (χ1) is 10.8. The van der Waals surface area contributed by atoms with E-state index in [2.05, 4.69) is 41.6 Å². The molecule has 1 aliphatic rings. The van der Waals surface area contributed by atoms with Crippen LogP contribution in [0, 0.1) is 5.92 Å². The van der Waals surface area contributed by atoms with Gasteiger partial charge in [-0.05, 0) is 38.3 Å². The topological polar surface area (TPSA) is 49.6 Å². The second-order valence-electron chi connectivity index (χ2n) is 6.05. The van der Waals surface area contributed by atoms with Crippen LogP contribution >= 0.6 is 24.0 Å². The molecule has 0 saturated heterocycles. The van der Waals surface area contributed by atoms with Crippen molar-refractivity contribution in [2.75, 3.05) is 13.1 Å². The number of fused-ring (bicyclic) bond motifs is 1. The summed E-state index contributed by atoms with van der Waals surface area (Å²) in [6, 6.07) is 10.3. The Kier molecular flexibility index (Phi) is 6.74. The standard InChI is InChI=1S/C18H25N3O.HI/c1-3-19-18(20-11-10-14-8-9-14)21-13(2)17-12-15-6-4-5-7-16(15)22-17;/h4-7,12-14H,3,8-11H2,1-2H3,(H2,19,20,21);1H. The van der Waals surface area contributed by atoms with Crippen LogP contribution in [0.5, 0.6) is 0 Å². The molecule has 5 heteroatoms. The van der Waals surface area contributed by atoms with Crippen molar-refractivity contribution < 1.29 is 4.42 Å². The zero-order chi connectivity index (χ0) is 15.4. The van der Waals surface area contributed by atoms with Crippen molar-refractivity contribution in [3.8, 4) is 0 Å². The molecule has 1 aliphatic carbocycles. The molecule has 126 valence electrons. The first-order valence-corrected chi connectivity index (χ1v) is 8.29. The lowest BCUT2D eigenvalue weighted by Gasteiger charge is -2.16. The molecule has 1 atom stereocenters. The van der Waals surface area contributed by atoms with Gasteiger partial charge in [-0.3, -0.25) is 4.99 Å². The molecule has 4 nitrogen and oxygen atoms in total. The third kappa shape index (κ3) is 5.12. The van der Waals surface area contributed by atoms with E-state index in [4.69, 9.17) is 4.42 Å². The zero-order valence-corrected chi connectivity index (χ0v) is 16.2. The fraction of sp³-hybridized carbons (Fsp3) is 0.500. The Morgan fingerprint density at radius 3 is 2.83 bits per heavy atom. The van der Waals surface area contributed by atoms with Crippen molar-refractivity contribution in [2.45, 2.75) is 39.2 Å². The number of guanidine groups is 1. The van der Waals surface area contributed by atoms with E-state index in [1.165, 1.54) is 19.3 Å². The minimum absolute atomic E-state index is 0. The van der Waals surface area contributed by atoms with E-state index < -0.39 is 0 Å². The molecule has 0 aliphatic heterocycles. The quantitative estimate of drug-likeness (QED) is 0.407. The van der Waals surface area contributed by atoms with Gasteiger partial charge in [0.25, 0.3) is 0 Å². The lowest BCUT2D eigenvalue weighted by Crippen LogP contribution is -2.38. The Hall–Kier alpha value is -1.24. The minimum Gasteiger partial charge on any atom is -0.459 e. The number of furan rings is 1. The van der Waals surface area contributed by atoms with Crippen LogP contribution in [0.4, 0.5) is 0 Å². The van der Waals surface area contributed by atoms with Crippen molar-refractivity contribution in [1.82, 2.24) is 10.6 Å². The third-order valence-electron chi connectivity index (χ3n) is 4.07. The van der Waals surface area contributed by atoms with E-state index in [0.717, 1.165) is 41.7 Å². The summed E-state index contributed by atoms with van der Waals surface area (Å²) in [4.78, 5) is 4.67. The lowest BCUT2D eigenvalue weighted by molar-refractivity contribution is 0.488. The number of nitrogens with one attached hydrogen (secondary N) is 2. The molecule has 2 aromatic rings. The maximum absolute atomic E-state index is 5.92. The van der Waals surface area contributed by atoms with Crippen LogP contribution in [0.1, 0.15) is 44.9 Å². The predicted molar refractivity (Wildman–Crippen MR) is 106 cm³/mol. The molecule has 1 aromatic heterocycles. The van der Waals surface area contributed by atoms with Gasteiger partial charge in [-0.25, -0.2) is 0 Å². The summed E-state index contributed by atoms with van der Waals surface area (Å²) < 4.78 is 5.92. The van der Waals surface area contributed by atoms with Gasteiger partial charge >= 0.3 is 0 Å². The molecule has 0 spiro atoms. The van der Waals surface area contributed by atoms with Gasteiger partial charge in [0, 0.05) is 18.5 Å². The molecule has 0 bridgehead atoms. The average Bonchev–Trinajstić information content (AvgIpc) is 3.23. The highest BCUT2D eigenvalue weighted by molar-refractivity contribution is 14.0. The highest BCUT2D eigenvalue weighted by atomic mass is 127. The number of nitrogens with zero attached hydrogens (tertiary/aromatic N) is 1. The van der Waals surface area contributed by atoms with Crippen molar-refractivity contribution in [1.29, 1.82) is 0 Å². The average molecular weight is 427 g/mol. The van der Waals surface area contributed by atoms with E-state index in [0.29, 0.717) is 0 Å². The van der Waals surface area contributed by atoms with E-state index in [-0.39, 0.29) is 30.0 Å². The van der Waals surface area contributed by atoms with Gasteiger partial charge in [-0.2, -0.15) is 0 Å². The van der Waals surface area contributed by atoms with Crippen molar-refractivity contribution in [3.05, 3.63) is 36.1 Å². The molecule has 3 rings (SSSR count). The summed E-state index contributed by atoms with van der Waals surface area (Å²) in [7, 11) is 0. The zero-order valence-electron chi connectivity index (χ0n) is 13.8. The highest BCUT2D eigenvalue weighted by Gasteiger charge is 2.20. The number of hydrogen-bond acceptors (Lipinski definition) is 2. The Morgan fingerprint density at radius 1 is 1.35 bits per heavy atom. The molecule has 1 unspecified atom stereocenters. The molecule has 1 saturated carbocycles. The van der Waals surface area contributed by atoms with Crippen LogP contribution in [-0.4, -0.2) is 19.0 Å². The van der Waals surface area contributed by atoms with Crippen LogP contribution in [-0.2, 0) is 0 Å². The first-order valence-electron chi connectivity index (χ1n) is 8.29. The van der Waals surface area contributed by atoms with E-state index in [9.17, 15) is 0 Å². The fourth-order valence-electron chi connectivity index (χ4n) is 2.58. The van der Waals surface area contributed by atoms with Crippen LogP contribution < -0.4 is 10.6 Å².